The molecule has 0 spiro atoms. The van der Waals surface area contributed by atoms with Crippen LogP contribution in [0.5, 0.6) is 0 Å². The van der Waals surface area contributed by atoms with Gasteiger partial charge in [-0.15, -0.1) is 0 Å². The lowest BCUT2D eigenvalue weighted by molar-refractivity contribution is -0.616. The van der Waals surface area contributed by atoms with Crippen molar-refractivity contribution in [1.29, 1.82) is 0 Å². The summed E-state index contributed by atoms with van der Waals surface area (Å²) in [5, 5.41) is 10.9. The summed E-state index contributed by atoms with van der Waals surface area (Å²) in [7, 11) is 0. The van der Waals surface area contributed by atoms with Crippen LogP contribution in [-0.4, -0.2) is 23.4 Å². The van der Waals surface area contributed by atoms with E-state index >= 15 is 0 Å². The third kappa shape index (κ3) is 1.21. The third-order valence-corrected chi connectivity index (χ3v) is 2.25. The number of allylic oxidation sites excluding steroid dienone is 2. The van der Waals surface area contributed by atoms with Crippen LogP contribution in [0.3, 0.4) is 0 Å². The normalized spacial score (nSPS) is 32.9. The molecule has 76 valence electrons. The largest absolute Gasteiger partial charge is 0.471 e. The number of hydrogen-bond acceptors (Lipinski definition) is 4. The quantitative estimate of drug-likeness (QED) is 0.294. The second-order valence-corrected chi connectivity index (χ2v) is 3.28. The highest BCUT2D eigenvalue weighted by Gasteiger charge is 2.63. The van der Waals surface area contributed by atoms with E-state index in [1.54, 1.807) is 12.2 Å². The average Bonchev–Trinajstić information content (AvgIpc) is 2.93. The summed E-state index contributed by atoms with van der Waals surface area (Å²) in [6.45, 7) is 2.27. The Labute approximate surface area is 81.1 Å². The van der Waals surface area contributed by atoms with E-state index < -0.39 is 16.8 Å². The minimum absolute atomic E-state index is 0.360. The molecule has 0 saturated carbocycles. The molecule has 1 fully saturated rings. The summed E-state index contributed by atoms with van der Waals surface area (Å²) in [5.41, 5.74) is -1.49. The van der Waals surface area contributed by atoms with Crippen molar-refractivity contribution in [2.45, 2.75) is 25.2 Å². The fourth-order valence-corrected chi connectivity index (χ4v) is 1.48. The number of epoxide rings is 1. The van der Waals surface area contributed by atoms with Gasteiger partial charge in [0.1, 0.15) is 5.76 Å². The molecule has 0 aromatic rings. The van der Waals surface area contributed by atoms with E-state index in [9.17, 15) is 10.1 Å². The minimum atomic E-state index is -1.49. The van der Waals surface area contributed by atoms with Gasteiger partial charge in [0.05, 0.1) is 11.5 Å². The number of rotatable bonds is 4. The molecule has 0 radical (unpaired) electrons. The lowest BCUT2D eigenvalue weighted by atomic mass is 10.1. The zero-order chi connectivity index (χ0) is 10.2. The molecule has 5 nitrogen and oxygen atoms in total. The van der Waals surface area contributed by atoms with E-state index in [0.29, 0.717) is 12.4 Å². The van der Waals surface area contributed by atoms with E-state index in [0.717, 1.165) is 6.42 Å². The molecule has 5 heteroatoms. The Hall–Kier alpha value is -1.36. The van der Waals surface area contributed by atoms with E-state index in [1.165, 1.54) is 6.08 Å². The first kappa shape index (κ1) is 9.21. The monoisotopic (exact) mass is 197 g/mol. The van der Waals surface area contributed by atoms with Gasteiger partial charge < -0.3 is 9.47 Å². The van der Waals surface area contributed by atoms with Crippen molar-refractivity contribution >= 4 is 0 Å². The Morgan fingerprint density at radius 3 is 3.21 bits per heavy atom. The fourth-order valence-electron chi connectivity index (χ4n) is 1.48. The van der Waals surface area contributed by atoms with Crippen LogP contribution in [0, 0.1) is 10.1 Å². The molecule has 2 rings (SSSR count). The first-order valence-corrected chi connectivity index (χ1v) is 4.55. The summed E-state index contributed by atoms with van der Waals surface area (Å²) in [6.07, 6.45) is 5.01. The zero-order valence-corrected chi connectivity index (χ0v) is 7.80. The molecule has 1 aliphatic heterocycles. The van der Waals surface area contributed by atoms with Gasteiger partial charge in [0.15, 0.2) is 0 Å². The van der Waals surface area contributed by atoms with Crippen LogP contribution >= 0.6 is 0 Å². The van der Waals surface area contributed by atoms with Crippen LogP contribution in [0.4, 0.5) is 0 Å². The molecule has 0 amide bonds. The minimum Gasteiger partial charge on any atom is -0.471 e. The predicted molar refractivity (Wildman–Crippen MR) is 48.1 cm³/mol. The van der Waals surface area contributed by atoms with Gasteiger partial charge >= 0.3 is 5.72 Å². The first-order chi connectivity index (χ1) is 6.70. The Balaban J connectivity index is 2.19. The second-order valence-electron chi connectivity index (χ2n) is 3.28. The van der Waals surface area contributed by atoms with Gasteiger partial charge in [0.2, 0.25) is 0 Å². The maximum Gasteiger partial charge on any atom is 0.389 e. The van der Waals surface area contributed by atoms with Crippen LogP contribution in [0.25, 0.3) is 0 Å². The van der Waals surface area contributed by atoms with Crippen LogP contribution in [0.1, 0.15) is 13.3 Å². The second kappa shape index (κ2) is 3.09. The maximum atomic E-state index is 10.9. The highest BCUT2D eigenvalue weighted by Crippen LogP contribution is 2.42. The molecule has 0 bridgehead atoms. The van der Waals surface area contributed by atoms with Crippen LogP contribution in [0.15, 0.2) is 24.0 Å². The molecular weight excluding hydrogens is 186 g/mol. The predicted octanol–water partition coefficient (Wildman–Crippen LogP) is 1.24. The smallest absolute Gasteiger partial charge is 0.389 e. The fraction of sp³-hybridized carbons (Fsp3) is 0.556. The molecule has 0 aromatic carbocycles. The van der Waals surface area contributed by atoms with Gasteiger partial charge in [0.25, 0.3) is 6.10 Å². The molecule has 0 aromatic heterocycles. The Bertz CT molecular complexity index is 323. The van der Waals surface area contributed by atoms with Crippen molar-refractivity contribution in [3.05, 3.63) is 34.1 Å². The highest BCUT2D eigenvalue weighted by atomic mass is 16.7. The molecular formula is C9H11NO4. The van der Waals surface area contributed by atoms with Gasteiger partial charge in [-0.3, -0.25) is 10.1 Å². The summed E-state index contributed by atoms with van der Waals surface area (Å²) in [6, 6.07) is 0. The van der Waals surface area contributed by atoms with Gasteiger partial charge in [-0.05, 0) is 12.5 Å². The zero-order valence-electron chi connectivity index (χ0n) is 7.80. The van der Waals surface area contributed by atoms with Gasteiger partial charge in [-0.1, -0.05) is 13.0 Å². The Kier molecular flexibility index (Phi) is 2.03. The maximum absolute atomic E-state index is 10.9. The van der Waals surface area contributed by atoms with E-state index in [4.69, 9.17) is 9.47 Å². The van der Waals surface area contributed by atoms with Gasteiger partial charge in [-0.25, -0.2) is 0 Å². The van der Waals surface area contributed by atoms with Crippen molar-refractivity contribution in [2.24, 2.45) is 0 Å². The lowest BCUT2D eigenvalue weighted by Gasteiger charge is -2.19. The van der Waals surface area contributed by atoms with Crippen molar-refractivity contribution in [1.82, 2.24) is 0 Å². The average molecular weight is 197 g/mol. The number of nitrogens with zero attached hydrogens (tertiary/aromatic N) is 1. The van der Waals surface area contributed by atoms with Crippen molar-refractivity contribution < 1.29 is 14.4 Å². The highest BCUT2D eigenvalue weighted by molar-refractivity contribution is 5.32. The Morgan fingerprint density at radius 1 is 1.79 bits per heavy atom. The molecule has 1 aliphatic carbocycles. The number of hydrogen-bond donors (Lipinski definition) is 0. The van der Waals surface area contributed by atoms with Crippen LogP contribution in [-0.2, 0) is 9.47 Å². The summed E-state index contributed by atoms with van der Waals surface area (Å²) < 4.78 is 10.4. The summed E-state index contributed by atoms with van der Waals surface area (Å²) in [4.78, 5) is 10.5. The van der Waals surface area contributed by atoms with E-state index in [1.807, 2.05) is 6.92 Å². The SMILES string of the molecule is CCCOC1([N+](=O)[O-])C=CC=C2OC21. The molecule has 0 N–H and O–H groups in total. The molecule has 2 unspecified atom stereocenters. The van der Waals surface area contributed by atoms with Gasteiger partial charge in [0, 0.05) is 6.08 Å². The van der Waals surface area contributed by atoms with Crippen molar-refractivity contribution in [3.63, 3.8) is 0 Å². The number of fused-ring (bicyclic) bond motifs is 1. The topological polar surface area (TPSA) is 64.9 Å². The molecule has 1 saturated heterocycles. The van der Waals surface area contributed by atoms with Crippen LogP contribution < -0.4 is 0 Å². The lowest BCUT2D eigenvalue weighted by Crippen LogP contribution is -2.45. The number of ether oxygens (including phenoxy) is 2. The van der Waals surface area contributed by atoms with Crippen molar-refractivity contribution in [3.8, 4) is 0 Å². The summed E-state index contributed by atoms with van der Waals surface area (Å²) in [5.74, 6) is 0.639. The molecule has 2 atom stereocenters. The first-order valence-electron chi connectivity index (χ1n) is 4.55. The summed E-state index contributed by atoms with van der Waals surface area (Å²) >= 11 is 0. The third-order valence-electron chi connectivity index (χ3n) is 2.25. The molecule has 1 heterocycles. The Morgan fingerprint density at radius 2 is 2.57 bits per heavy atom. The molecule has 2 aliphatic rings. The van der Waals surface area contributed by atoms with E-state index in [2.05, 4.69) is 0 Å². The van der Waals surface area contributed by atoms with E-state index in [-0.39, 0.29) is 0 Å². The molecule has 14 heavy (non-hydrogen) atoms. The van der Waals surface area contributed by atoms with Gasteiger partial charge in [-0.2, -0.15) is 0 Å². The van der Waals surface area contributed by atoms with Crippen LogP contribution in [0.2, 0.25) is 0 Å². The number of nitro groups is 1. The standard InChI is InChI=1S/C9H11NO4/c1-2-6-13-9(10(11)12)5-3-4-7-8(9)14-7/h3-5,8H,2,6H2,1H3. The van der Waals surface area contributed by atoms with Crippen molar-refractivity contribution in [2.75, 3.05) is 6.61 Å².